The van der Waals surface area contributed by atoms with Gasteiger partial charge >= 0.3 is 0 Å². The lowest BCUT2D eigenvalue weighted by Gasteiger charge is -2.45. The van der Waals surface area contributed by atoms with E-state index < -0.39 is 5.72 Å². The van der Waals surface area contributed by atoms with Gasteiger partial charge in [0.25, 0.3) is 0 Å². The lowest BCUT2D eigenvalue weighted by molar-refractivity contribution is 0.0826. The van der Waals surface area contributed by atoms with Crippen molar-refractivity contribution in [3.8, 4) is 5.75 Å². The third kappa shape index (κ3) is 1.75. The van der Waals surface area contributed by atoms with Gasteiger partial charge < -0.3 is 9.64 Å². The number of aryl methyl sites for hydroxylation is 1. The SMILES string of the molecule is Cc1ccc2c(c1)N(C)C1(C=Nc3c(ccc4ccccc34)O1)C2(C)C. The Morgan fingerprint density at radius 2 is 1.81 bits per heavy atom. The van der Waals surface area contributed by atoms with Crippen molar-refractivity contribution in [1.82, 2.24) is 0 Å². The number of rotatable bonds is 0. The molecule has 3 aromatic rings. The summed E-state index contributed by atoms with van der Waals surface area (Å²) in [6, 6.07) is 19.1. The molecule has 0 amide bonds. The summed E-state index contributed by atoms with van der Waals surface area (Å²) < 4.78 is 6.72. The van der Waals surface area contributed by atoms with Crippen LogP contribution in [0.25, 0.3) is 10.8 Å². The predicted octanol–water partition coefficient (Wildman–Crippen LogP) is 5.37. The summed E-state index contributed by atoms with van der Waals surface area (Å²) in [6.45, 7) is 6.61. The molecule has 130 valence electrons. The molecule has 0 fully saturated rings. The third-order valence-corrected chi connectivity index (χ3v) is 6.08. The van der Waals surface area contributed by atoms with Crippen molar-refractivity contribution in [1.29, 1.82) is 0 Å². The van der Waals surface area contributed by atoms with Gasteiger partial charge in [-0.2, -0.15) is 0 Å². The number of benzene rings is 3. The molecule has 2 aliphatic rings. The van der Waals surface area contributed by atoms with Gasteiger partial charge in [-0.25, -0.2) is 0 Å². The van der Waals surface area contributed by atoms with Crippen molar-refractivity contribution in [2.45, 2.75) is 31.9 Å². The molecule has 3 nitrogen and oxygen atoms in total. The highest BCUT2D eigenvalue weighted by Gasteiger charge is 2.58. The first-order valence-electron chi connectivity index (χ1n) is 9.05. The second-order valence-electron chi connectivity index (χ2n) is 7.89. The van der Waals surface area contributed by atoms with Gasteiger partial charge in [0, 0.05) is 18.1 Å². The molecule has 0 N–H and O–H groups in total. The second-order valence-corrected chi connectivity index (χ2v) is 7.89. The largest absolute Gasteiger partial charge is 0.459 e. The fourth-order valence-electron chi connectivity index (χ4n) is 4.48. The fraction of sp³-hybridized carbons (Fsp3) is 0.261. The average Bonchev–Trinajstić information content (AvgIpc) is 2.80. The van der Waals surface area contributed by atoms with Crippen LogP contribution < -0.4 is 9.64 Å². The topological polar surface area (TPSA) is 24.8 Å². The van der Waals surface area contributed by atoms with E-state index in [9.17, 15) is 0 Å². The normalized spacial score (nSPS) is 22.4. The Bertz CT molecular complexity index is 1080. The first-order chi connectivity index (χ1) is 12.4. The van der Waals surface area contributed by atoms with Crippen molar-refractivity contribution >= 4 is 28.4 Å². The molecule has 1 spiro atoms. The van der Waals surface area contributed by atoms with E-state index in [1.54, 1.807) is 0 Å². The fourth-order valence-corrected chi connectivity index (χ4v) is 4.48. The molecule has 0 saturated carbocycles. The van der Waals surface area contributed by atoms with Crippen LogP contribution in [0.5, 0.6) is 5.75 Å². The zero-order valence-electron chi connectivity index (χ0n) is 15.6. The van der Waals surface area contributed by atoms with Crippen LogP contribution in [0.3, 0.4) is 0 Å². The van der Waals surface area contributed by atoms with E-state index in [0.717, 1.165) is 16.8 Å². The molecule has 2 aliphatic heterocycles. The van der Waals surface area contributed by atoms with Crippen LogP contribution in [0.2, 0.25) is 0 Å². The number of anilines is 1. The van der Waals surface area contributed by atoms with Crippen molar-refractivity contribution in [3.05, 3.63) is 65.7 Å². The number of likely N-dealkylation sites (N-methyl/N-ethyl adjacent to an activating group) is 1. The number of ether oxygens (including phenoxy) is 1. The Kier molecular flexibility index (Phi) is 2.90. The first kappa shape index (κ1) is 15.4. The molecule has 0 aliphatic carbocycles. The van der Waals surface area contributed by atoms with Crippen molar-refractivity contribution in [3.63, 3.8) is 0 Å². The molecule has 2 heterocycles. The summed E-state index contributed by atoms with van der Waals surface area (Å²) in [4.78, 5) is 7.15. The van der Waals surface area contributed by atoms with Crippen molar-refractivity contribution in [2.24, 2.45) is 4.99 Å². The highest BCUT2D eigenvalue weighted by Crippen LogP contribution is 2.54. The molecule has 26 heavy (non-hydrogen) atoms. The van der Waals surface area contributed by atoms with Gasteiger partial charge in [0.1, 0.15) is 11.4 Å². The molecule has 0 radical (unpaired) electrons. The van der Waals surface area contributed by atoms with E-state index in [4.69, 9.17) is 9.73 Å². The summed E-state index contributed by atoms with van der Waals surface area (Å²) in [5.74, 6) is 0.843. The minimum Gasteiger partial charge on any atom is -0.459 e. The van der Waals surface area contributed by atoms with E-state index >= 15 is 0 Å². The molecule has 1 atom stereocenters. The number of hydrogen-bond donors (Lipinski definition) is 0. The highest BCUT2D eigenvalue weighted by molar-refractivity contribution is 5.99. The van der Waals surface area contributed by atoms with E-state index in [-0.39, 0.29) is 5.41 Å². The van der Waals surface area contributed by atoms with Crippen LogP contribution in [-0.2, 0) is 5.41 Å². The molecule has 0 bridgehead atoms. The molecule has 0 aromatic heterocycles. The van der Waals surface area contributed by atoms with Gasteiger partial charge in [-0.3, -0.25) is 4.99 Å². The van der Waals surface area contributed by atoms with E-state index in [2.05, 4.69) is 75.2 Å². The monoisotopic (exact) mass is 342 g/mol. The van der Waals surface area contributed by atoms with E-state index in [0.29, 0.717) is 0 Å². The highest BCUT2D eigenvalue weighted by atomic mass is 16.5. The third-order valence-electron chi connectivity index (χ3n) is 6.08. The summed E-state index contributed by atoms with van der Waals surface area (Å²) in [5, 5.41) is 2.31. The lowest BCUT2D eigenvalue weighted by Crippen LogP contribution is -2.61. The molecule has 3 aromatic carbocycles. The zero-order valence-corrected chi connectivity index (χ0v) is 15.6. The smallest absolute Gasteiger partial charge is 0.228 e. The molecule has 0 saturated heterocycles. The summed E-state index contributed by atoms with van der Waals surface area (Å²) in [7, 11) is 2.10. The van der Waals surface area contributed by atoms with Crippen molar-refractivity contribution in [2.75, 3.05) is 11.9 Å². The Morgan fingerprint density at radius 3 is 2.65 bits per heavy atom. The van der Waals surface area contributed by atoms with Crippen molar-refractivity contribution < 1.29 is 4.74 Å². The maximum atomic E-state index is 6.72. The summed E-state index contributed by atoms with van der Waals surface area (Å²) >= 11 is 0. The standard InChI is InChI=1S/C23H22N2O/c1-15-9-11-18-19(13-15)25(4)23(22(18,2)3)14-24-21-17-8-6-5-7-16(17)10-12-20(21)26-23/h5-14H,1-4H3. The Morgan fingerprint density at radius 1 is 1.00 bits per heavy atom. The number of hydrogen-bond acceptors (Lipinski definition) is 3. The average molecular weight is 342 g/mol. The zero-order chi connectivity index (χ0) is 18.1. The number of fused-ring (bicyclic) bond motifs is 4. The van der Waals surface area contributed by atoms with Gasteiger partial charge in [0.15, 0.2) is 0 Å². The minimum absolute atomic E-state index is 0.225. The Hall–Kier alpha value is -2.81. The van der Waals surface area contributed by atoms with Crippen LogP contribution in [0.15, 0.2) is 59.6 Å². The first-order valence-corrected chi connectivity index (χ1v) is 9.05. The summed E-state index contributed by atoms with van der Waals surface area (Å²) in [5.41, 5.74) is 3.83. The molecular formula is C23H22N2O. The maximum Gasteiger partial charge on any atom is 0.228 e. The van der Waals surface area contributed by atoms with Gasteiger partial charge in [-0.05, 0) is 49.4 Å². The molecular weight excluding hydrogens is 320 g/mol. The molecule has 5 rings (SSSR count). The van der Waals surface area contributed by atoms with Crippen LogP contribution in [-0.4, -0.2) is 19.0 Å². The van der Waals surface area contributed by atoms with Crippen LogP contribution in [0, 0.1) is 6.92 Å². The van der Waals surface area contributed by atoms with Gasteiger partial charge in [0.05, 0.1) is 11.6 Å². The van der Waals surface area contributed by atoms with Crippen LogP contribution >= 0.6 is 0 Å². The quantitative estimate of drug-likeness (QED) is 0.549. The lowest BCUT2D eigenvalue weighted by atomic mass is 9.77. The van der Waals surface area contributed by atoms with Gasteiger partial charge in [0.2, 0.25) is 5.72 Å². The van der Waals surface area contributed by atoms with E-state index in [1.807, 2.05) is 18.3 Å². The maximum absolute atomic E-state index is 6.72. The molecule has 3 heteroatoms. The van der Waals surface area contributed by atoms with Crippen LogP contribution in [0.1, 0.15) is 25.0 Å². The number of nitrogens with zero attached hydrogens (tertiary/aromatic N) is 2. The van der Waals surface area contributed by atoms with Gasteiger partial charge in [-0.1, -0.05) is 42.5 Å². The summed E-state index contributed by atoms with van der Waals surface area (Å²) in [6.07, 6.45) is 2.00. The molecule has 1 unspecified atom stereocenters. The van der Waals surface area contributed by atoms with E-state index in [1.165, 1.54) is 22.2 Å². The minimum atomic E-state index is -0.626. The van der Waals surface area contributed by atoms with Crippen LogP contribution in [0.4, 0.5) is 11.4 Å². The predicted molar refractivity (Wildman–Crippen MR) is 108 cm³/mol. The van der Waals surface area contributed by atoms with Gasteiger partial charge in [-0.15, -0.1) is 0 Å². The number of aliphatic imine (C=N–C) groups is 1. The second kappa shape index (κ2) is 4.88. The Labute approximate surface area is 153 Å². The Balaban J connectivity index is 1.71.